The maximum Gasteiger partial charge on any atom is 2.00 e. The summed E-state index contributed by atoms with van der Waals surface area (Å²) in [5.74, 6) is -1.19. The summed E-state index contributed by atoms with van der Waals surface area (Å²) in [7, 11) is 0. The van der Waals surface area contributed by atoms with E-state index in [0.29, 0.717) is 0 Å². The summed E-state index contributed by atoms with van der Waals surface area (Å²) in [5.41, 5.74) is 0. The van der Waals surface area contributed by atoms with Crippen molar-refractivity contribution in [3.8, 4) is 0 Å². The molecule has 0 bridgehead atoms. The first-order valence-corrected chi connectivity index (χ1v) is 1.10. The molecule has 0 aliphatic heterocycles. The predicted octanol–water partition coefficient (Wildman–Crippen LogP) is -1.09. The Morgan fingerprint density at radius 2 is 2.00 bits per heavy atom. The molecule has 0 rings (SSSR count). The van der Waals surface area contributed by atoms with Gasteiger partial charge in [0.05, 0.1) is 0 Å². The van der Waals surface area contributed by atoms with Crippen molar-refractivity contribution in [2.45, 2.75) is 0 Å². The van der Waals surface area contributed by atoms with E-state index < -0.39 is 12.6 Å². The predicted molar refractivity (Wildman–Crippen MR) is 22.7 cm³/mol. The fourth-order valence-corrected chi connectivity index (χ4v) is 0. The second-order valence-corrected chi connectivity index (χ2v) is 0.552. The van der Waals surface area contributed by atoms with Crippen LogP contribution in [0.2, 0.25) is 0 Å². The SMILES string of the molecule is O=C(O)CO.[H-].[H-].[Mg+2]. The monoisotopic (exact) mass is 102 g/mol. The molecule has 0 amide bonds. The van der Waals surface area contributed by atoms with Crippen molar-refractivity contribution < 1.29 is 17.9 Å². The normalized spacial score (nSPS) is 6.17. The molecule has 2 N–H and O–H groups in total. The van der Waals surface area contributed by atoms with E-state index in [1.165, 1.54) is 0 Å². The van der Waals surface area contributed by atoms with Gasteiger partial charge >= 0.3 is 29.0 Å². The number of aliphatic hydroxyl groups is 1. The van der Waals surface area contributed by atoms with Gasteiger partial charge in [-0.2, -0.15) is 0 Å². The number of hydrogen-bond acceptors (Lipinski definition) is 2. The Morgan fingerprint density at radius 3 is 2.00 bits per heavy atom. The van der Waals surface area contributed by atoms with Crippen molar-refractivity contribution in [3.05, 3.63) is 0 Å². The van der Waals surface area contributed by atoms with Gasteiger partial charge in [0.1, 0.15) is 6.61 Å². The van der Waals surface area contributed by atoms with Gasteiger partial charge in [-0.25, -0.2) is 4.79 Å². The van der Waals surface area contributed by atoms with Crippen LogP contribution in [-0.4, -0.2) is 45.8 Å². The fraction of sp³-hybridized carbons (Fsp3) is 0.500. The smallest absolute Gasteiger partial charge is 1.00 e. The summed E-state index contributed by atoms with van der Waals surface area (Å²) in [6, 6.07) is 0. The molecule has 34 valence electrons. The third-order valence-corrected chi connectivity index (χ3v) is 0.135. The van der Waals surface area contributed by atoms with Crippen molar-refractivity contribution >= 4 is 29.0 Å². The topological polar surface area (TPSA) is 57.5 Å². The van der Waals surface area contributed by atoms with Gasteiger partial charge in [-0.1, -0.05) is 0 Å². The third kappa shape index (κ3) is 8.89. The minimum atomic E-state index is -1.19. The van der Waals surface area contributed by atoms with Crippen LogP contribution in [0.15, 0.2) is 0 Å². The molecule has 0 saturated heterocycles. The fourth-order valence-electron chi connectivity index (χ4n) is 0. The van der Waals surface area contributed by atoms with Gasteiger partial charge in [0.15, 0.2) is 0 Å². The maximum atomic E-state index is 9.12. The Bertz CT molecular complexity index is 50.5. The second kappa shape index (κ2) is 5.20. The minimum absolute atomic E-state index is 0. The molecule has 0 atom stereocenters. The molecule has 0 aromatic carbocycles. The van der Waals surface area contributed by atoms with Crippen LogP contribution in [0.5, 0.6) is 0 Å². The van der Waals surface area contributed by atoms with E-state index in [4.69, 9.17) is 15.0 Å². The summed E-state index contributed by atoms with van der Waals surface area (Å²) in [6.07, 6.45) is 0. The summed E-state index contributed by atoms with van der Waals surface area (Å²) < 4.78 is 0. The summed E-state index contributed by atoms with van der Waals surface area (Å²) >= 11 is 0. The molecule has 0 radical (unpaired) electrons. The van der Waals surface area contributed by atoms with Gasteiger partial charge in [-0.15, -0.1) is 0 Å². The first-order valence-electron chi connectivity index (χ1n) is 1.10. The van der Waals surface area contributed by atoms with E-state index in [1.54, 1.807) is 0 Å². The Kier molecular flexibility index (Phi) is 8.23. The van der Waals surface area contributed by atoms with Crippen LogP contribution in [0.4, 0.5) is 0 Å². The van der Waals surface area contributed by atoms with Gasteiger partial charge in [0.25, 0.3) is 0 Å². The second-order valence-electron chi connectivity index (χ2n) is 0.552. The van der Waals surface area contributed by atoms with Crippen molar-refractivity contribution in [2.75, 3.05) is 6.61 Å². The van der Waals surface area contributed by atoms with E-state index in [2.05, 4.69) is 0 Å². The standard InChI is InChI=1S/C2H4O3.Mg.2H/c3-1-2(4)5;;;/h3H,1H2,(H,4,5);;;/q;+2;2*-1. The van der Waals surface area contributed by atoms with E-state index in [9.17, 15) is 0 Å². The largest absolute Gasteiger partial charge is 2.00 e. The molecule has 0 aromatic heterocycles. The molecule has 0 aliphatic carbocycles. The average Bonchev–Trinajstić information content (AvgIpc) is 1.38. The van der Waals surface area contributed by atoms with Crippen LogP contribution in [0, 0.1) is 0 Å². The number of carboxylic acids is 1. The Morgan fingerprint density at radius 1 is 1.83 bits per heavy atom. The summed E-state index contributed by atoms with van der Waals surface area (Å²) in [6.45, 7) is -0.778. The number of rotatable bonds is 1. The van der Waals surface area contributed by atoms with Crippen molar-refractivity contribution in [2.24, 2.45) is 0 Å². The zero-order valence-corrected chi connectivity index (χ0v) is 4.63. The number of carboxylic acid groups (broad SMARTS) is 1. The Hall–Kier alpha value is 0.196. The third-order valence-electron chi connectivity index (χ3n) is 0.135. The minimum Gasteiger partial charge on any atom is -1.00 e. The van der Waals surface area contributed by atoms with Crippen LogP contribution in [0.1, 0.15) is 2.85 Å². The van der Waals surface area contributed by atoms with Gasteiger partial charge in [0.2, 0.25) is 0 Å². The van der Waals surface area contributed by atoms with Crippen LogP contribution in [0.25, 0.3) is 0 Å². The van der Waals surface area contributed by atoms with Gasteiger partial charge in [-0.3, -0.25) is 0 Å². The average molecular weight is 102 g/mol. The van der Waals surface area contributed by atoms with Crippen molar-refractivity contribution in [3.63, 3.8) is 0 Å². The van der Waals surface area contributed by atoms with E-state index in [1.807, 2.05) is 0 Å². The maximum absolute atomic E-state index is 9.12. The van der Waals surface area contributed by atoms with Gasteiger partial charge < -0.3 is 13.1 Å². The number of carbonyl (C=O) groups is 1. The van der Waals surface area contributed by atoms with E-state index in [0.717, 1.165) is 0 Å². The quantitative estimate of drug-likeness (QED) is 0.414. The molecule has 0 aliphatic rings. The van der Waals surface area contributed by atoms with Crippen molar-refractivity contribution in [1.29, 1.82) is 0 Å². The molecule has 3 nitrogen and oxygen atoms in total. The molecule has 4 heteroatoms. The Labute approximate surface area is 54.1 Å². The first kappa shape index (κ1) is 9.50. The molecule has 0 spiro atoms. The zero-order valence-electron chi connectivity index (χ0n) is 5.22. The van der Waals surface area contributed by atoms with Crippen LogP contribution in [-0.2, 0) is 4.79 Å². The van der Waals surface area contributed by atoms with Crippen molar-refractivity contribution in [1.82, 2.24) is 0 Å². The Balaban J connectivity index is -0.0000000267. The summed E-state index contributed by atoms with van der Waals surface area (Å²) in [5, 5.41) is 15.0. The molecule has 0 aromatic rings. The first-order chi connectivity index (χ1) is 2.27. The van der Waals surface area contributed by atoms with E-state index >= 15 is 0 Å². The number of aliphatic hydroxyl groups excluding tert-OH is 1. The van der Waals surface area contributed by atoms with Gasteiger partial charge in [0, 0.05) is 0 Å². The molecular weight excluding hydrogens is 96.3 g/mol. The molecule has 0 fully saturated rings. The van der Waals surface area contributed by atoms with Crippen LogP contribution in [0.3, 0.4) is 0 Å². The van der Waals surface area contributed by atoms with Gasteiger partial charge in [-0.05, 0) is 0 Å². The number of aliphatic carboxylic acids is 1. The summed E-state index contributed by atoms with van der Waals surface area (Å²) in [4.78, 5) is 9.12. The van der Waals surface area contributed by atoms with Crippen LogP contribution >= 0.6 is 0 Å². The molecular formula is C2H6MgO3. The van der Waals surface area contributed by atoms with Crippen LogP contribution < -0.4 is 0 Å². The number of hydrogen-bond donors (Lipinski definition) is 2. The van der Waals surface area contributed by atoms with E-state index in [-0.39, 0.29) is 25.9 Å². The molecule has 0 unspecified atom stereocenters. The molecule has 0 heterocycles. The molecule has 0 saturated carbocycles. The zero-order chi connectivity index (χ0) is 4.28. The molecule has 6 heavy (non-hydrogen) atoms.